The molecule has 32 heavy (non-hydrogen) atoms. The summed E-state index contributed by atoms with van der Waals surface area (Å²) in [5.41, 5.74) is 1.19. The van der Waals surface area contributed by atoms with E-state index < -0.39 is 18.3 Å². The van der Waals surface area contributed by atoms with Gasteiger partial charge in [0.1, 0.15) is 0 Å². The van der Waals surface area contributed by atoms with Crippen LogP contribution in [0, 0.1) is 11.8 Å². The van der Waals surface area contributed by atoms with Crippen molar-refractivity contribution in [2.45, 2.75) is 89.6 Å². The SMILES string of the molecule is CC(C)OC(=O)CCC/C=C\C[C@H]1C(O)CC(O)[C@@H]1/C=C/C(O)CC(C)c1ccccc1. The van der Waals surface area contributed by atoms with Gasteiger partial charge in [0.05, 0.1) is 24.4 Å². The summed E-state index contributed by atoms with van der Waals surface area (Å²) >= 11 is 0. The highest BCUT2D eigenvalue weighted by Crippen LogP contribution is 2.36. The first-order valence-electron chi connectivity index (χ1n) is 11.9. The molecule has 0 bridgehead atoms. The number of hydrogen-bond donors (Lipinski definition) is 3. The van der Waals surface area contributed by atoms with E-state index in [1.165, 1.54) is 5.56 Å². The smallest absolute Gasteiger partial charge is 0.306 e. The number of carbonyl (C=O) groups excluding carboxylic acids is 1. The van der Waals surface area contributed by atoms with E-state index in [9.17, 15) is 20.1 Å². The van der Waals surface area contributed by atoms with E-state index >= 15 is 0 Å². The van der Waals surface area contributed by atoms with Crippen molar-refractivity contribution >= 4 is 5.97 Å². The number of carbonyl (C=O) groups is 1. The van der Waals surface area contributed by atoms with Crippen molar-refractivity contribution in [3.63, 3.8) is 0 Å². The average Bonchev–Trinajstić information content (AvgIpc) is 3.01. The third-order valence-electron chi connectivity index (χ3n) is 6.13. The lowest BCUT2D eigenvalue weighted by Crippen LogP contribution is -2.20. The summed E-state index contributed by atoms with van der Waals surface area (Å²) in [5.74, 6) is -0.209. The first-order chi connectivity index (χ1) is 15.3. The Morgan fingerprint density at radius 1 is 1.12 bits per heavy atom. The molecule has 1 aliphatic carbocycles. The zero-order valence-electron chi connectivity index (χ0n) is 19.6. The minimum atomic E-state index is -0.607. The Hall–Kier alpha value is -1.95. The number of allylic oxidation sites excluding steroid dienone is 2. The largest absolute Gasteiger partial charge is 0.463 e. The molecule has 2 rings (SSSR count). The lowest BCUT2D eigenvalue weighted by atomic mass is 9.89. The van der Waals surface area contributed by atoms with Crippen LogP contribution in [0.4, 0.5) is 0 Å². The van der Waals surface area contributed by atoms with Gasteiger partial charge in [0.25, 0.3) is 0 Å². The number of ether oxygens (including phenoxy) is 1. The van der Waals surface area contributed by atoms with Crippen molar-refractivity contribution < 1.29 is 24.9 Å². The number of esters is 1. The van der Waals surface area contributed by atoms with Gasteiger partial charge in [0.2, 0.25) is 0 Å². The van der Waals surface area contributed by atoms with Gasteiger partial charge in [-0.2, -0.15) is 0 Å². The zero-order chi connectivity index (χ0) is 23.5. The van der Waals surface area contributed by atoms with Crippen LogP contribution in [0.25, 0.3) is 0 Å². The van der Waals surface area contributed by atoms with Gasteiger partial charge in [-0.3, -0.25) is 4.79 Å². The van der Waals surface area contributed by atoms with E-state index in [0.717, 1.165) is 12.8 Å². The van der Waals surface area contributed by atoms with E-state index in [4.69, 9.17) is 4.74 Å². The lowest BCUT2D eigenvalue weighted by molar-refractivity contribution is -0.147. The summed E-state index contributed by atoms with van der Waals surface area (Å²) in [4.78, 5) is 11.6. The van der Waals surface area contributed by atoms with Crippen LogP contribution < -0.4 is 0 Å². The molecule has 1 aromatic carbocycles. The normalized spacial score (nSPS) is 25.6. The number of benzene rings is 1. The van der Waals surface area contributed by atoms with E-state index in [0.29, 0.717) is 25.7 Å². The highest BCUT2D eigenvalue weighted by atomic mass is 16.5. The topological polar surface area (TPSA) is 87.0 Å². The second-order valence-electron chi connectivity index (χ2n) is 9.25. The molecule has 0 spiro atoms. The van der Waals surface area contributed by atoms with Gasteiger partial charge in [0.15, 0.2) is 0 Å². The molecule has 0 radical (unpaired) electrons. The predicted octanol–water partition coefficient (Wildman–Crippen LogP) is 4.52. The molecule has 6 atom stereocenters. The second kappa shape index (κ2) is 13.6. The van der Waals surface area contributed by atoms with Gasteiger partial charge >= 0.3 is 5.97 Å². The van der Waals surface area contributed by atoms with Crippen LogP contribution in [0.2, 0.25) is 0 Å². The highest BCUT2D eigenvalue weighted by Gasteiger charge is 2.39. The van der Waals surface area contributed by atoms with E-state index in [1.54, 1.807) is 6.08 Å². The molecule has 3 N–H and O–H groups in total. The summed E-state index contributed by atoms with van der Waals surface area (Å²) < 4.78 is 5.12. The van der Waals surface area contributed by atoms with Crippen LogP contribution in [0.1, 0.15) is 70.8 Å². The molecule has 4 unspecified atom stereocenters. The van der Waals surface area contributed by atoms with Gasteiger partial charge in [-0.25, -0.2) is 0 Å². The Morgan fingerprint density at radius 2 is 1.84 bits per heavy atom. The van der Waals surface area contributed by atoms with Crippen LogP contribution in [0.3, 0.4) is 0 Å². The van der Waals surface area contributed by atoms with Crippen LogP contribution in [0.15, 0.2) is 54.6 Å². The Labute approximate surface area is 192 Å². The molecular weight excluding hydrogens is 404 g/mol. The summed E-state index contributed by atoms with van der Waals surface area (Å²) in [6.07, 6.45) is 9.35. The fourth-order valence-electron chi connectivity index (χ4n) is 4.38. The van der Waals surface area contributed by atoms with Crippen molar-refractivity contribution in [1.29, 1.82) is 0 Å². The van der Waals surface area contributed by atoms with Crippen LogP contribution in [-0.2, 0) is 9.53 Å². The molecule has 0 saturated heterocycles. The first kappa shape index (κ1) is 26.3. The summed E-state index contributed by atoms with van der Waals surface area (Å²) in [6, 6.07) is 10.1. The van der Waals surface area contributed by atoms with Crippen molar-refractivity contribution in [1.82, 2.24) is 0 Å². The van der Waals surface area contributed by atoms with E-state index in [2.05, 4.69) is 19.1 Å². The molecule has 178 valence electrons. The Morgan fingerprint density at radius 3 is 2.53 bits per heavy atom. The number of aliphatic hydroxyl groups excluding tert-OH is 3. The van der Waals surface area contributed by atoms with Gasteiger partial charge in [-0.15, -0.1) is 0 Å². The molecule has 1 aliphatic rings. The molecule has 0 aliphatic heterocycles. The maximum Gasteiger partial charge on any atom is 0.306 e. The quantitative estimate of drug-likeness (QED) is 0.251. The Kier molecular flexibility index (Phi) is 11.1. The lowest BCUT2D eigenvalue weighted by Gasteiger charge is -2.20. The molecule has 0 amide bonds. The Balaban J connectivity index is 1.81. The molecule has 1 fully saturated rings. The van der Waals surface area contributed by atoms with Crippen LogP contribution in [0.5, 0.6) is 0 Å². The molecule has 5 heteroatoms. The van der Waals surface area contributed by atoms with Crippen molar-refractivity contribution in [2.24, 2.45) is 11.8 Å². The number of hydrogen-bond acceptors (Lipinski definition) is 5. The van der Waals surface area contributed by atoms with E-state index in [1.807, 2.05) is 50.3 Å². The minimum absolute atomic E-state index is 0.0813. The maximum atomic E-state index is 11.6. The molecule has 0 heterocycles. The minimum Gasteiger partial charge on any atom is -0.463 e. The average molecular weight is 445 g/mol. The molecule has 5 nitrogen and oxygen atoms in total. The Bertz CT molecular complexity index is 727. The summed E-state index contributed by atoms with van der Waals surface area (Å²) in [5, 5.41) is 31.3. The van der Waals surface area contributed by atoms with Crippen LogP contribution in [-0.4, -0.2) is 45.7 Å². The summed E-state index contributed by atoms with van der Waals surface area (Å²) in [6.45, 7) is 5.77. The van der Waals surface area contributed by atoms with Crippen molar-refractivity contribution in [3.8, 4) is 0 Å². The van der Waals surface area contributed by atoms with Gasteiger partial charge < -0.3 is 20.1 Å². The summed E-state index contributed by atoms with van der Waals surface area (Å²) in [7, 11) is 0. The van der Waals surface area contributed by atoms with Gasteiger partial charge in [-0.1, -0.05) is 61.6 Å². The predicted molar refractivity (Wildman–Crippen MR) is 127 cm³/mol. The van der Waals surface area contributed by atoms with Gasteiger partial charge in [-0.05, 0) is 56.9 Å². The molecule has 1 saturated carbocycles. The number of aliphatic hydroxyl groups is 3. The van der Waals surface area contributed by atoms with E-state index in [-0.39, 0.29) is 29.8 Å². The van der Waals surface area contributed by atoms with Gasteiger partial charge in [0, 0.05) is 18.8 Å². The van der Waals surface area contributed by atoms with Crippen molar-refractivity contribution in [2.75, 3.05) is 0 Å². The second-order valence-corrected chi connectivity index (χ2v) is 9.25. The fraction of sp³-hybridized carbons (Fsp3) is 0.593. The molecule has 0 aromatic heterocycles. The molecular formula is C27H40O5. The first-order valence-corrected chi connectivity index (χ1v) is 11.9. The maximum absolute atomic E-state index is 11.6. The zero-order valence-corrected chi connectivity index (χ0v) is 19.6. The third-order valence-corrected chi connectivity index (χ3v) is 6.13. The standard InChI is InChI=1S/C27H40O5/c1-19(2)32-27(31)14-10-5-4-9-13-23-24(26(30)18-25(23)29)16-15-22(28)17-20(3)21-11-7-6-8-12-21/h4,6-9,11-12,15-16,19-20,22-26,28-30H,5,10,13-14,17-18H2,1-3H3/b9-4-,16-15+/t20?,22?,23-,24-,25?,26?/m1/s1. The number of unbranched alkanes of at least 4 members (excludes halogenated alkanes) is 1. The third kappa shape index (κ3) is 8.89. The monoisotopic (exact) mass is 444 g/mol. The molecule has 1 aromatic rings. The van der Waals surface area contributed by atoms with Crippen LogP contribution >= 0.6 is 0 Å². The fourth-order valence-corrected chi connectivity index (χ4v) is 4.38. The van der Waals surface area contributed by atoms with Crippen molar-refractivity contribution in [3.05, 3.63) is 60.2 Å². The number of rotatable bonds is 12. The highest BCUT2D eigenvalue weighted by molar-refractivity contribution is 5.69.